The summed E-state index contributed by atoms with van der Waals surface area (Å²) in [5, 5.41) is 4.79. The Morgan fingerprint density at radius 3 is 2.59 bits per heavy atom. The summed E-state index contributed by atoms with van der Waals surface area (Å²) in [5.74, 6) is -0.0555. The van der Waals surface area contributed by atoms with E-state index >= 15 is 0 Å². The molecule has 0 saturated carbocycles. The maximum atomic E-state index is 12.0. The van der Waals surface area contributed by atoms with Crippen LogP contribution in [0.5, 0.6) is 0 Å². The Hall–Kier alpha value is -1.62. The third kappa shape index (κ3) is 3.77. The first kappa shape index (κ1) is 15.3. The van der Waals surface area contributed by atoms with E-state index in [0.29, 0.717) is 28.0 Å². The van der Waals surface area contributed by atoms with Crippen LogP contribution in [-0.2, 0) is 11.2 Å². The number of benzene rings is 2. The van der Waals surface area contributed by atoms with Crippen molar-refractivity contribution < 1.29 is 4.79 Å². The number of rotatable bonds is 4. The molecule has 3 nitrogen and oxygen atoms in total. The number of carbonyl (C=O) groups excluding carboxylic acids is 1. The molecule has 112 valence electrons. The van der Waals surface area contributed by atoms with Crippen LogP contribution in [0.25, 0.3) is 10.2 Å². The van der Waals surface area contributed by atoms with Gasteiger partial charge in [-0.1, -0.05) is 46.7 Å². The molecule has 0 fully saturated rings. The smallest absolute Gasteiger partial charge is 0.226 e. The number of amides is 1. The first-order chi connectivity index (χ1) is 10.6. The molecule has 2 aromatic carbocycles. The molecule has 1 amide bonds. The van der Waals surface area contributed by atoms with E-state index in [-0.39, 0.29) is 5.91 Å². The van der Waals surface area contributed by atoms with Crippen LogP contribution >= 0.6 is 34.5 Å². The Balaban J connectivity index is 1.61. The number of anilines is 1. The lowest BCUT2D eigenvalue weighted by atomic mass is 10.1. The monoisotopic (exact) mass is 350 g/mol. The van der Waals surface area contributed by atoms with Gasteiger partial charge in [0.25, 0.3) is 0 Å². The maximum Gasteiger partial charge on any atom is 0.226 e. The third-order valence-corrected chi connectivity index (χ3v) is 4.57. The van der Waals surface area contributed by atoms with Gasteiger partial charge >= 0.3 is 0 Å². The molecule has 0 aliphatic heterocycles. The van der Waals surface area contributed by atoms with Gasteiger partial charge in [0, 0.05) is 16.5 Å². The van der Waals surface area contributed by atoms with Gasteiger partial charge in [-0.2, -0.15) is 0 Å². The number of carbonyl (C=O) groups is 1. The molecule has 0 aliphatic carbocycles. The van der Waals surface area contributed by atoms with E-state index in [2.05, 4.69) is 10.3 Å². The molecular weight excluding hydrogens is 339 g/mol. The Labute approximate surface area is 141 Å². The Morgan fingerprint density at radius 1 is 1.09 bits per heavy atom. The van der Waals surface area contributed by atoms with Gasteiger partial charge in [0.1, 0.15) is 0 Å². The number of halogens is 2. The summed E-state index contributed by atoms with van der Waals surface area (Å²) in [7, 11) is 0. The second-order valence-electron chi connectivity index (χ2n) is 4.81. The summed E-state index contributed by atoms with van der Waals surface area (Å²) in [6.45, 7) is 0. The fraction of sp³-hybridized carbons (Fsp3) is 0.125. The van der Waals surface area contributed by atoms with Gasteiger partial charge in [-0.15, -0.1) is 0 Å². The summed E-state index contributed by atoms with van der Waals surface area (Å²) >= 11 is 13.2. The minimum atomic E-state index is -0.0555. The lowest BCUT2D eigenvalue weighted by Crippen LogP contribution is -2.11. The van der Waals surface area contributed by atoms with E-state index in [4.69, 9.17) is 23.2 Å². The molecular formula is C16H12Cl2N2OS. The third-order valence-electron chi connectivity index (χ3n) is 3.15. The van der Waals surface area contributed by atoms with Gasteiger partial charge < -0.3 is 5.32 Å². The van der Waals surface area contributed by atoms with Crippen molar-refractivity contribution in [2.45, 2.75) is 12.8 Å². The van der Waals surface area contributed by atoms with Crippen molar-refractivity contribution in [2.75, 3.05) is 5.32 Å². The first-order valence-electron chi connectivity index (χ1n) is 6.70. The predicted octanol–water partition coefficient (Wildman–Crippen LogP) is 5.17. The van der Waals surface area contributed by atoms with E-state index < -0.39 is 0 Å². The van der Waals surface area contributed by atoms with Gasteiger partial charge in [-0.25, -0.2) is 4.98 Å². The lowest BCUT2D eigenvalue weighted by Gasteiger charge is -2.02. The summed E-state index contributed by atoms with van der Waals surface area (Å²) < 4.78 is 0.959. The molecule has 1 N–H and O–H groups in total. The second kappa shape index (κ2) is 6.65. The zero-order valence-corrected chi connectivity index (χ0v) is 13.8. The zero-order chi connectivity index (χ0) is 15.5. The largest absolute Gasteiger partial charge is 0.302 e. The molecule has 1 heterocycles. The van der Waals surface area contributed by atoms with Crippen molar-refractivity contribution >= 4 is 55.8 Å². The topological polar surface area (TPSA) is 42.0 Å². The van der Waals surface area contributed by atoms with Crippen LogP contribution in [0.4, 0.5) is 5.13 Å². The zero-order valence-electron chi connectivity index (χ0n) is 11.5. The van der Waals surface area contributed by atoms with Crippen molar-refractivity contribution in [3.05, 3.63) is 58.1 Å². The number of thiazole rings is 1. The van der Waals surface area contributed by atoms with Gasteiger partial charge in [0.2, 0.25) is 5.91 Å². The second-order valence-corrected chi connectivity index (χ2v) is 6.71. The van der Waals surface area contributed by atoms with Crippen molar-refractivity contribution in [1.82, 2.24) is 4.98 Å². The van der Waals surface area contributed by atoms with Crippen LogP contribution in [0.3, 0.4) is 0 Å². The van der Waals surface area contributed by atoms with Gasteiger partial charge in [-0.05, 0) is 42.3 Å². The Bertz CT molecular complexity index is 815. The summed E-state index contributed by atoms with van der Waals surface area (Å²) in [5.41, 5.74) is 1.91. The van der Waals surface area contributed by atoms with E-state index in [1.165, 1.54) is 11.3 Å². The Kier molecular flexibility index (Phi) is 4.62. The highest BCUT2D eigenvalue weighted by Gasteiger charge is 2.08. The summed E-state index contributed by atoms with van der Waals surface area (Å²) in [6, 6.07) is 13.0. The molecule has 0 aliphatic rings. The normalized spacial score (nSPS) is 10.8. The number of nitrogens with zero attached hydrogens (tertiary/aromatic N) is 1. The van der Waals surface area contributed by atoms with E-state index in [9.17, 15) is 4.79 Å². The lowest BCUT2D eigenvalue weighted by molar-refractivity contribution is -0.116. The average molecular weight is 351 g/mol. The van der Waals surface area contributed by atoms with Gasteiger partial charge in [-0.3, -0.25) is 4.79 Å². The predicted molar refractivity (Wildman–Crippen MR) is 93.0 cm³/mol. The van der Waals surface area contributed by atoms with Crippen LogP contribution in [-0.4, -0.2) is 10.9 Å². The number of nitrogens with one attached hydrogen (secondary N) is 1. The van der Waals surface area contributed by atoms with Crippen molar-refractivity contribution in [1.29, 1.82) is 0 Å². The maximum absolute atomic E-state index is 12.0. The van der Waals surface area contributed by atoms with Crippen LogP contribution in [0, 0.1) is 0 Å². The summed E-state index contributed by atoms with van der Waals surface area (Å²) in [6.07, 6.45) is 1.07. The highest BCUT2D eigenvalue weighted by molar-refractivity contribution is 7.22. The van der Waals surface area contributed by atoms with E-state index in [1.807, 2.05) is 36.4 Å². The number of hydrogen-bond acceptors (Lipinski definition) is 3. The molecule has 0 unspecified atom stereocenters. The minimum absolute atomic E-state index is 0.0555. The first-order valence-corrected chi connectivity index (χ1v) is 8.28. The highest BCUT2D eigenvalue weighted by Crippen LogP contribution is 2.28. The Morgan fingerprint density at radius 2 is 1.82 bits per heavy atom. The molecule has 0 radical (unpaired) electrons. The molecule has 1 aromatic heterocycles. The molecule has 6 heteroatoms. The molecule has 0 spiro atoms. The molecule has 0 atom stereocenters. The molecule has 0 saturated heterocycles. The van der Waals surface area contributed by atoms with Gasteiger partial charge in [0.15, 0.2) is 5.13 Å². The van der Waals surface area contributed by atoms with Crippen LogP contribution < -0.4 is 5.32 Å². The number of aryl methyl sites for hydroxylation is 1. The molecule has 22 heavy (non-hydrogen) atoms. The van der Waals surface area contributed by atoms with Crippen LogP contribution in [0.15, 0.2) is 42.5 Å². The van der Waals surface area contributed by atoms with Crippen molar-refractivity contribution in [2.24, 2.45) is 0 Å². The molecule has 0 bridgehead atoms. The minimum Gasteiger partial charge on any atom is -0.302 e. The van der Waals surface area contributed by atoms with Crippen LogP contribution in [0.1, 0.15) is 12.0 Å². The van der Waals surface area contributed by atoms with Crippen molar-refractivity contribution in [3.63, 3.8) is 0 Å². The number of hydrogen-bond donors (Lipinski definition) is 1. The van der Waals surface area contributed by atoms with E-state index in [1.54, 1.807) is 6.07 Å². The highest BCUT2D eigenvalue weighted by atomic mass is 35.5. The quantitative estimate of drug-likeness (QED) is 0.704. The summed E-state index contributed by atoms with van der Waals surface area (Å²) in [4.78, 5) is 16.4. The molecule has 3 aromatic rings. The van der Waals surface area contributed by atoms with Gasteiger partial charge in [0.05, 0.1) is 10.2 Å². The average Bonchev–Trinajstić information content (AvgIpc) is 2.88. The number of aromatic nitrogens is 1. The fourth-order valence-electron chi connectivity index (χ4n) is 2.04. The van der Waals surface area contributed by atoms with E-state index in [0.717, 1.165) is 15.8 Å². The van der Waals surface area contributed by atoms with Crippen molar-refractivity contribution in [3.8, 4) is 0 Å². The molecule has 3 rings (SSSR count). The SMILES string of the molecule is O=C(CCc1ccc(Cl)cc1)Nc1nc2ccc(Cl)cc2s1. The fourth-order valence-corrected chi connectivity index (χ4v) is 3.33. The standard InChI is InChI=1S/C16H12Cl2N2OS/c17-11-4-1-10(2-5-11)3-8-15(21)20-16-19-13-7-6-12(18)9-14(13)22-16/h1-2,4-7,9H,3,8H2,(H,19,20,21). The number of fused-ring (bicyclic) bond motifs is 1. The van der Waals surface area contributed by atoms with Crippen LogP contribution in [0.2, 0.25) is 10.0 Å².